The molecule has 1 heterocycles. The molecular weight excluding hydrogens is 434 g/mol. The third-order valence-electron chi connectivity index (χ3n) is 4.31. The topological polar surface area (TPSA) is 65.5 Å². The molecule has 6 nitrogen and oxygen atoms in total. The number of hydrogen-bond donors (Lipinski definition) is 1. The van der Waals surface area contributed by atoms with Crippen molar-refractivity contribution in [1.29, 1.82) is 0 Å². The van der Waals surface area contributed by atoms with Gasteiger partial charge in [-0.05, 0) is 52.3 Å². The zero-order valence-electron chi connectivity index (χ0n) is 15.8. The molecule has 0 aliphatic rings. The van der Waals surface area contributed by atoms with Crippen LogP contribution in [0, 0.1) is 0 Å². The van der Waals surface area contributed by atoms with Gasteiger partial charge in [-0.1, -0.05) is 18.2 Å². The Bertz CT molecular complexity index is 1150. The summed E-state index contributed by atoms with van der Waals surface area (Å²) < 4.78 is 17.5. The molecule has 1 N–H and O–H groups in total. The van der Waals surface area contributed by atoms with E-state index in [1.54, 1.807) is 14.2 Å². The Hall–Kier alpha value is -3.32. The number of para-hydroxylation sites is 1. The average Bonchev–Trinajstić information content (AvgIpc) is 2.75. The molecule has 0 aliphatic carbocycles. The van der Waals surface area contributed by atoms with E-state index in [4.69, 9.17) is 14.2 Å². The number of ether oxygens (including phenoxy) is 3. The molecule has 0 fully saturated rings. The molecule has 0 spiro atoms. The Morgan fingerprint density at radius 3 is 2.31 bits per heavy atom. The number of halogens is 1. The second kappa shape index (κ2) is 8.36. The molecule has 0 amide bonds. The highest BCUT2D eigenvalue weighted by Gasteiger charge is 2.12. The minimum atomic E-state index is 0.614. The van der Waals surface area contributed by atoms with Crippen LogP contribution in [0.15, 0.2) is 71.5 Å². The third-order valence-corrected chi connectivity index (χ3v) is 4.97. The summed E-state index contributed by atoms with van der Waals surface area (Å²) in [4.78, 5) is 8.73. The quantitative estimate of drug-likeness (QED) is 0.390. The Morgan fingerprint density at radius 1 is 0.828 bits per heavy atom. The van der Waals surface area contributed by atoms with Gasteiger partial charge in [0.05, 0.1) is 25.4 Å². The van der Waals surface area contributed by atoms with Crippen LogP contribution in [0.5, 0.6) is 23.0 Å². The monoisotopic (exact) mass is 451 g/mol. The van der Waals surface area contributed by atoms with Crippen LogP contribution in [0.2, 0.25) is 0 Å². The summed E-state index contributed by atoms with van der Waals surface area (Å²) in [5, 5.41) is 4.17. The lowest BCUT2D eigenvalue weighted by atomic mass is 10.2. The fraction of sp³-hybridized carbons (Fsp3) is 0.0909. The number of aromatic nitrogens is 2. The Kier molecular flexibility index (Phi) is 5.48. The average molecular weight is 452 g/mol. The molecule has 1 aromatic heterocycles. The molecule has 146 valence electrons. The van der Waals surface area contributed by atoms with Crippen molar-refractivity contribution in [3.63, 3.8) is 0 Å². The number of nitrogens with zero attached hydrogens (tertiary/aromatic N) is 2. The SMILES string of the molecule is COc1cc2ncnc(Nc3ccc(Oc4ccccc4)cc3Br)c2cc1OC. The number of anilines is 2. The van der Waals surface area contributed by atoms with Gasteiger partial charge in [0.25, 0.3) is 0 Å². The van der Waals surface area contributed by atoms with Gasteiger partial charge in [0.15, 0.2) is 11.5 Å². The fourth-order valence-corrected chi connectivity index (χ4v) is 3.35. The van der Waals surface area contributed by atoms with E-state index in [-0.39, 0.29) is 0 Å². The zero-order chi connectivity index (χ0) is 20.2. The molecular formula is C22H18BrN3O3. The molecule has 0 saturated carbocycles. The van der Waals surface area contributed by atoms with Gasteiger partial charge in [-0.2, -0.15) is 0 Å². The summed E-state index contributed by atoms with van der Waals surface area (Å²) in [5.41, 5.74) is 1.60. The summed E-state index contributed by atoms with van der Waals surface area (Å²) in [6.07, 6.45) is 1.51. The van der Waals surface area contributed by atoms with Crippen molar-refractivity contribution < 1.29 is 14.2 Å². The third kappa shape index (κ3) is 4.09. The lowest BCUT2D eigenvalue weighted by Crippen LogP contribution is -1.98. The first-order valence-corrected chi connectivity index (χ1v) is 9.63. The van der Waals surface area contributed by atoms with E-state index >= 15 is 0 Å². The van der Waals surface area contributed by atoms with E-state index in [0.29, 0.717) is 17.3 Å². The van der Waals surface area contributed by atoms with Crippen LogP contribution >= 0.6 is 15.9 Å². The smallest absolute Gasteiger partial charge is 0.162 e. The van der Waals surface area contributed by atoms with Crippen molar-refractivity contribution >= 4 is 38.3 Å². The molecule has 0 aliphatic heterocycles. The molecule has 0 unspecified atom stereocenters. The number of nitrogens with one attached hydrogen (secondary N) is 1. The molecule has 4 rings (SSSR count). The van der Waals surface area contributed by atoms with Crippen molar-refractivity contribution in [1.82, 2.24) is 9.97 Å². The molecule has 0 atom stereocenters. The summed E-state index contributed by atoms with van der Waals surface area (Å²) in [6, 6.07) is 19.1. The molecule has 7 heteroatoms. The number of fused-ring (bicyclic) bond motifs is 1. The van der Waals surface area contributed by atoms with E-state index < -0.39 is 0 Å². The highest BCUT2D eigenvalue weighted by Crippen LogP contribution is 2.36. The molecule has 3 aromatic carbocycles. The predicted molar refractivity (Wildman–Crippen MR) is 117 cm³/mol. The van der Waals surface area contributed by atoms with Gasteiger partial charge in [-0.25, -0.2) is 9.97 Å². The number of methoxy groups -OCH3 is 2. The van der Waals surface area contributed by atoms with E-state index in [0.717, 1.165) is 32.6 Å². The van der Waals surface area contributed by atoms with Gasteiger partial charge in [0.1, 0.15) is 23.6 Å². The van der Waals surface area contributed by atoms with E-state index in [1.165, 1.54) is 6.33 Å². The lowest BCUT2D eigenvalue weighted by molar-refractivity contribution is 0.356. The van der Waals surface area contributed by atoms with Crippen LogP contribution in [-0.2, 0) is 0 Å². The number of hydrogen-bond acceptors (Lipinski definition) is 6. The minimum Gasteiger partial charge on any atom is -0.493 e. The highest BCUT2D eigenvalue weighted by atomic mass is 79.9. The molecule has 4 aromatic rings. The molecule has 29 heavy (non-hydrogen) atoms. The second-order valence-corrected chi connectivity index (χ2v) is 6.98. The maximum Gasteiger partial charge on any atom is 0.162 e. The van der Waals surface area contributed by atoms with Crippen molar-refractivity contribution in [3.05, 3.63) is 71.5 Å². The van der Waals surface area contributed by atoms with E-state index in [2.05, 4.69) is 31.2 Å². The van der Waals surface area contributed by atoms with Gasteiger partial charge in [-0.3, -0.25) is 0 Å². The van der Waals surface area contributed by atoms with Gasteiger partial charge >= 0.3 is 0 Å². The normalized spacial score (nSPS) is 10.6. The Labute approximate surface area is 176 Å². The second-order valence-electron chi connectivity index (χ2n) is 6.13. The Morgan fingerprint density at radius 2 is 1.59 bits per heavy atom. The lowest BCUT2D eigenvalue weighted by Gasteiger charge is -2.13. The van der Waals surface area contributed by atoms with Crippen molar-refractivity contribution in [2.24, 2.45) is 0 Å². The highest BCUT2D eigenvalue weighted by molar-refractivity contribution is 9.10. The number of benzene rings is 3. The van der Waals surface area contributed by atoms with Crippen LogP contribution < -0.4 is 19.5 Å². The largest absolute Gasteiger partial charge is 0.493 e. The van der Waals surface area contributed by atoms with Crippen LogP contribution in [0.3, 0.4) is 0 Å². The van der Waals surface area contributed by atoms with Crippen LogP contribution in [-0.4, -0.2) is 24.2 Å². The minimum absolute atomic E-state index is 0.614. The number of rotatable bonds is 6. The first-order chi connectivity index (χ1) is 14.2. The summed E-state index contributed by atoms with van der Waals surface area (Å²) in [7, 11) is 3.20. The predicted octanol–water partition coefficient (Wildman–Crippen LogP) is 5.95. The van der Waals surface area contributed by atoms with Crippen LogP contribution in [0.1, 0.15) is 0 Å². The van der Waals surface area contributed by atoms with Crippen molar-refractivity contribution in [2.75, 3.05) is 19.5 Å². The van der Waals surface area contributed by atoms with Crippen molar-refractivity contribution in [3.8, 4) is 23.0 Å². The van der Waals surface area contributed by atoms with Gasteiger partial charge in [0.2, 0.25) is 0 Å². The summed E-state index contributed by atoms with van der Waals surface area (Å²) >= 11 is 3.60. The van der Waals surface area contributed by atoms with Gasteiger partial charge < -0.3 is 19.5 Å². The van der Waals surface area contributed by atoms with Gasteiger partial charge in [0, 0.05) is 15.9 Å². The maximum absolute atomic E-state index is 5.88. The standard InChI is InChI=1S/C22H18BrN3O3/c1-27-20-11-16-19(12-21(20)28-2)24-13-25-22(16)26-18-9-8-15(10-17(18)23)29-14-6-4-3-5-7-14/h3-13H,1-2H3,(H,24,25,26). The molecule has 0 radical (unpaired) electrons. The first-order valence-electron chi connectivity index (χ1n) is 8.84. The summed E-state index contributed by atoms with van der Waals surface area (Å²) in [5.74, 6) is 3.40. The fourth-order valence-electron chi connectivity index (χ4n) is 2.90. The Balaban J connectivity index is 1.64. The summed E-state index contributed by atoms with van der Waals surface area (Å²) in [6.45, 7) is 0. The first kappa shape index (κ1) is 19.0. The molecule has 0 bridgehead atoms. The zero-order valence-corrected chi connectivity index (χ0v) is 17.4. The van der Waals surface area contributed by atoms with Crippen molar-refractivity contribution in [2.45, 2.75) is 0 Å². The maximum atomic E-state index is 5.88. The van der Waals surface area contributed by atoms with E-state index in [1.807, 2.05) is 60.7 Å². The molecule has 0 saturated heterocycles. The van der Waals surface area contributed by atoms with E-state index in [9.17, 15) is 0 Å². The van der Waals surface area contributed by atoms with Crippen LogP contribution in [0.4, 0.5) is 11.5 Å². The van der Waals surface area contributed by atoms with Crippen LogP contribution in [0.25, 0.3) is 10.9 Å². The van der Waals surface area contributed by atoms with Gasteiger partial charge in [-0.15, -0.1) is 0 Å².